The van der Waals surface area contributed by atoms with Crippen LogP contribution in [0, 0.1) is 0 Å². The molecule has 30 heavy (non-hydrogen) atoms. The Morgan fingerprint density at radius 2 is 1.50 bits per heavy atom. The zero-order valence-corrected chi connectivity index (χ0v) is 17.7. The molecular weight excluding hydrogens is 374 g/mol. The van der Waals surface area contributed by atoms with Crippen LogP contribution in [0.4, 0.5) is 5.69 Å². The molecule has 3 rings (SSSR count). The van der Waals surface area contributed by atoms with E-state index < -0.39 is 0 Å². The van der Waals surface area contributed by atoms with E-state index in [9.17, 15) is 0 Å². The molecule has 0 radical (unpaired) electrons. The summed E-state index contributed by atoms with van der Waals surface area (Å²) in [4.78, 5) is 0. The predicted octanol–water partition coefficient (Wildman–Crippen LogP) is 5.73. The molecule has 0 bridgehead atoms. The number of aryl methyl sites for hydroxylation is 1. The van der Waals surface area contributed by atoms with E-state index in [-0.39, 0.29) is 0 Å². The van der Waals surface area contributed by atoms with Gasteiger partial charge in [0.1, 0.15) is 18.1 Å². The van der Waals surface area contributed by atoms with Gasteiger partial charge in [-0.3, -0.25) is 0 Å². The van der Waals surface area contributed by atoms with Crippen molar-refractivity contribution in [3.63, 3.8) is 0 Å². The summed E-state index contributed by atoms with van der Waals surface area (Å²) in [5.41, 5.74) is 3.59. The van der Waals surface area contributed by atoms with Gasteiger partial charge in [-0.05, 0) is 55.2 Å². The standard InChI is InChI=1S/C26H31NO3/c1-2-28-18-19-30-25-15-13-23(14-16-25)21-27-24-11-6-12-26(20-24)29-17-7-10-22-8-4-3-5-9-22/h3-6,8-9,11-16,20,27H,2,7,10,17-19,21H2,1H3. The third-order valence-electron chi connectivity index (χ3n) is 4.68. The number of nitrogens with one attached hydrogen (secondary N) is 1. The minimum absolute atomic E-state index is 0.573. The highest BCUT2D eigenvalue weighted by atomic mass is 16.5. The van der Waals surface area contributed by atoms with Crippen molar-refractivity contribution in [1.82, 2.24) is 0 Å². The second-order valence-corrected chi connectivity index (χ2v) is 7.01. The Balaban J connectivity index is 1.39. The normalized spacial score (nSPS) is 10.6. The quantitative estimate of drug-likeness (QED) is 0.369. The van der Waals surface area contributed by atoms with Crippen LogP contribution in [0.25, 0.3) is 0 Å². The monoisotopic (exact) mass is 405 g/mol. The third-order valence-corrected chi connectivity index (χ3v) is 4.68. The van der Waals surface area contributed by atoms with Crippen molar-refractivity contribution in [1.29, 1.82) is 0 Å². The van der Waals surface area contributed by atoms with Crippen molar-refractivity contribution < 1.29 is 14.2 Å². The highest BCUT2D eigenvalue weighted by Gasteiger charge is 2.00. The lowest BCUT2D eigenvalue weighted by atomic mass is 10.1. The maximum Gasteiger partial charge on any atom is 0.121 e. The van der Waals surface area contributed by atoms with Gasteiger partial charge < -0.3 is 19.5 Å². The van der Waals surface area contributed by atoms with Crippen LogP contribution < -0.4 is 14.8 Å². The van der Waals surface area contributed by atoms with Gasteiger partial charge in [-0.25, -0.2) is 0 Å². The van der Waals surface area contributed by atoms with Gasteiger partial charge in [0, 0.05) is 24.9 Å². The molecule has 4 heteroatoms. The molecule has 0 aliphatic rings. The van der Waals surface area contributed by atoms with E-state index in [1.54, 1.807) is 0 Å². The van der Waals surface area contributed by atoms with E-state index in [1.807, 2.05) is 43.3 Å². The van der Waals surface area contributed by atoms with Crippen molar-refractivity contribution in [2.75, 3.05) is 31.7 Å². The topological polar surface area (TPSA) is 39.7 Å². The van der Waals surface area contributed by atoms with Crippen molar-refractivity contribution in [2.45, 2.75) is 26.3 Å². The van der Waals surface area contributed by atoms with E-state index in [4.69, 9.17) is 14.2 Å². The summed E-state index contributed by atoms with van der Waals surface area (Å²) in [5, 5.41) is 3.46. The van der Waals surface area contributed by atoms with Crippen LogP contribution in [0.2, 0.25) is 0 Å². The van der Waals surface area contributed by atoms with Crippen LogP contribution >= 0.6 is 0 Å². The summed E-state index contributed by atoms with van der Waals surface area (Å²) < 4.78 is 16.9. The van der Waals surface area contributed by atoms with Gasteiger partial charge in [-0.15, -0.1) is 0 Å². The van der Waals surface area contributed by atoms with Gasteiger partial charge in [0.05, 0.1) is 13.2 Å². The second kappa shape index (κ2) is 12.6. The lowest BCUT2D eigenvalue weighted by molar-refractivity contribution is 0.110. The number of rotatable bonds is 13. The van der Waals surface area contributed by atoms with Gasteiger partial charge in [-0.2, -0.15) is 0 Å². The summed E-state index contributed by atoms with van der Waals surface area (Å²) >= 11 is 0. The molecule has 0 unspecified atom stereocenters. The number of hydrogen-bond acceptors (Lipinski definition) is 4. The molecule has 0 amide bonds. The zero-order valence-electron chi connectivity index (χ0n) is 17.7. The van der Waals surface area contributed by atoms with Crippen LogP contribution in [0.5, 0.6) is 11.5 Å². The van der Waals surface area contributed by atoms with Crippen LogP contribution in [-0.4, -0.2) is 26.4 Å². The number of anilines is 1. The number of ether oxygens (including phenoxy) is 3. The van der Waals surface area contributed by atoms with Crippen molar-refractivity contribution in [3.05, 3.63) is 90.0 Å². The molecule has 0 saturated heterocycles. The molecule has 4 nitrogen and oxygen atoms in total. The molecule has 0 saturated carbocycles. The van der Waals surface area contributed by atoms with Crippen molar-refractivity contribution in [2.24, 2.45) is 0 Å². The van der Waals surface area contributed by atoms with Gasteiger partial charge in [-0.1, -0.05) is 48.5 Å². The lowest BCUT2D eigenvalue weighted by Gasteiger charge is -2.11. The highest BCUT2D eigenvalue weighted by molar-refractivity contribution is 5.48. The van der Waals surface area contributed by atoms with Gasteiger partial charge >= 0.3 is 0 Å². The minimum atomic E-state index is 0.573. The third kappa shape index (κ3) is 7.80. The summed E-state index contributed by atoms with van der Waals surface area (Å²) in [6, 6.07) is 26.8. The molecular formula is C26H31NO3. The first-order valence-electron chi connectivity index (χ1n) is 10.6. The Kier molecular flexibility index (Phi) is 9.09. The summed E-state index contributed by atoms with van der Waals surface area (Å²) in [7, 11) is 0. The maximum absolute atomic E-state index is 5.92. The van der Waals surface area contributed by atoms with Crippen LogP contribution in [0.3, 0.4) is 0 Å². The van der Waals surface area contributed by atoms with Crippen molar-refractivity contribution >= 4 is 5.69 Å². The minimum Gasteiger partial charge on any atom is -0.494 e. The molecule has 0 aliphatic carbocycles. The molecule has 158 valence electrons. The Bertz CT molecular complexity index is 850. The van der Waals surface area contributed by atoms with Crippen molar-refractivity contribution in [3.8, 4) is 11.5 Å². The summed E-state index contributed by atoms with van der Waals surface area (Å²) in [6.07, 6.45) is 2.03. The second-order valence-electron chi connectivity index (χ2n) is 7.01. The fraction of sp³-hybridized carbons (Fsp3) is 0.308. The molecule has 0 aromatic heterocycles. The van der Waals surface area contributed by atoms with Crippen LogP contribution in [0.1, 0.15) is 24.5 Å². The largest absolute Gasteiger partial charge is 0.494 e. The molecule has 0 spiro atoms. The van der Waals surface area contributed by atoms with E-state index in [2.05, 4.69) is 47.8 Å². The maximum atomic E-state index is 5.92. The number of benzene rings is 3. The molecule has 1 N–H and O–H groups in total. The Morgan fingerprint density at radius 1 is 0.700 bits per heavy atom. The summed E-state index contributed by atoms with van der Waals surface area (Å²) in [5.74, 6) is 1.76. The average Bonchev–Trinajstić information content (AvgIpc) is 2.80. The SMILES string of the molecule is CCOCCOc1ccc(CNc2cccc(OCCCc3ccccc3)c2)cc1. The molecule has 0 atom stereocenters. The van der Waals surface area contributed by atoms with Crippen LogP contribution in [0.15, 0.2) is 78.9 Å². The first kappa shape index (κ1) is 21.7. The fourth-order valence-electron chi connectivity index (χ4n) is 3.08. The number of hydrogen-bond donors (Lipinski definition) is 1. The predicted molar refractivity (Wildman–Crippen MR) is 122 cm³/mol. The van der Waals surface area contributed by atoms with E-state index >= 15 is 0 Å². The Labute approximate surface area is 179 Å². The van der Waals surface area contributed by atoms with E-state index in [0.717, 1.165) is 36.6 Å². The highest BCUT2D eigenvalue weighted by Crippen LogP contribution is 2.19. The van der Waals surface area contributed by atoms with Gasteiger partial charge in [0.25, 0.3) is 0 Å². The Morgan fingerprint density at radius 3 is 2.30 bits per heavy atom. The zero-order chi connectivity index (χ0) is 20.9. The Hall–Kier alpha value is -2.98. The first-order chi connectivity index (χ1) is 14.8. The van der Waals surface area contributed by atoms with Gasteiger partial charge in [0.15, 0.2) is 0 Å². The summed E-state index contributed by atoms with van der Waals surface area (Å²) in [6.45, 7) is 5.34. The molecule has 3 aromatic carbocycles. The lowest BCUT2D eigenvalue weighted by Crippen LogP contribution is -2.06. The molecule has 0 heterocycles. The fourth-order valence-corrected chi connectivity index (χ4v) is 3.08. The van der Waals surface area contributed by atoms with Gasteiger partial charge in [0.2, 0.25) is 0 Å². The van der Waals surface area contributed by atoms with E-state index in [1.165, 1.54) is 11.1 Å². The average molecular weight is 406 g/mol. The smallest absolute Gasteiger partial charge is 0.121 e. The van der Waals surface area contributed by atoms with Crippen LogP contribution in [-0.2, 0) is 17.7 Å². The molecule has 0 fully saturated rings. The molecule has 3 aromatic rings. The molecule has 0 aliphatic heterocycles. The first-order valence-corrected chi connectivity index (χ1v) is 10.6. The van der Waals surface area contributed by atoms with E-state index in [0.29, 0.717) is 26.4 Å².